The quantitative estimate of drug-likeness (QED) is 0.844. The molecule has 0 spiro atoms. The molecule has 0 aromatic carbocycles. The highest BCUT2D eigenvalue weighted by Crippen LogP contribution is 2.25. The monoisotopic (exact) mass is 254 g/mol. The van der Waals surface area contributed by atoms with E-state index in [1.165, 1.54) is 17.0 Å². The first kappa shape index (κ1) is 12.2. The number of fused-ring (bicyclic) bond motifs is 1. The number of Topliss-reactive ketones (excluding diaryl/α,β-unsaturated/α-hetero) is 1. The summed E-state index contributed by atoms with van der Waals surface area (Å²) in [4.78, 5) is 16.0. The van der Waals surface area contributed by atoms with Gasteiger partial charge in [-0.2, -0.15) is 0 Å². The minimum atomic E-state index is 0.310. The van der Waals surface area contributed by atoms with E-state index in [1.807, 2.05) is 12.3 Å². The number of carbonyl (C=O) groups excluding carboxylic acids is 1. The third-order valence-electron chi connectivity index (χ3n) is 3.88. The van der Waals surface area contributed by atoms with Crippen molar-refractivity contribution in [1.29, 1.82) is 0 Å². The molecule has 98 valence electrons. The van der Waals surface area contributed by atoms with Crippen LogP contribution in [0.15, 0.2) is 30.6 Å². The van der Waals surface area contributed by atoms with Gasteiger partial charge in [-0.15, -0.1) is 0 Å². The van der Waals surface area contributed by atoms with Crippen molar-refractivity contribution < 1.29 is 4.79 Å². The van der Waals surface area contributed by atoms with Gasteiger partial charge in [0.2, 0.25) is 0 Å². The maximum absolute atomic E-state index is 11.9. The summed E-state index contributed by atoms with van der Waals surface area (Å²) < 4.78 is 2.30. The molecule has 0 atom stereocenters. The summed E-state index contributed by atoms with van der Waals surface area (Å²) >= 11 is 0. The molecule has 3 nitrogen and oxygen atoms in total. The number of hydrogen-bond donors (Lipinski definition) is 0. The van der Waals surface area contributed by atoms with E-state index in [0.717, 1.165) is 31.4 Å². The molecule has 0 unspecified atom stereocenters. The van der Waals surface area contributed by atoms with Crippen LogP contribution in [-0.2, 0) is 19.4 Å². The highest BCUT2D eigenvalue weighted by molar-refractivity contribution is 5.98. The van der Waals surface area contributed by atoms with E-state index in [4.69, 9.17) is 0 Å². The lowest BCUT2D eigenvalue weighted by atomic mass is 9.96. The summed E-state index contributed by atoms with van der Waals surface area (Å²) in [5.74, 6) is 0.310. The van der Waals surface area contributed by atoms with Crippen LogP contribution in [0, 0.1) is 6.92 Å². The Labute approximate surface area is 113 Å². The van der Waals surface area contributed by atoms with Gasteiger partial charge in [0.05, 0.1) is 0 Å². The molecule has 3 rings (SSSR count). The molecule has 2 aromatic rings. The van der Waals surface area contributed by atoms with Gasteiger partial charge in [-0.05, 0) is 43.9 Å². The summed E-state index contributed by atoms with van der Waals surface area (Å²) in [5, 5.41) is 0. The lowest BCUT2D eigenvalue weighted by Gasteiger charge is -2.16. The topological polar surface area (TPSA) is 34.9 Å². The van der Waals surface area contributed by atoms with Gasteiger partial charge in [-0.3, -0.25) is 9.78 Å². The van der Waals surface area contributed by atoms with Crippen molar-refractivity contribution in [2.45, 2.75) is 39.2 Å². The van der Waals surface area contributed by atoms with Crippen LogP contribution in [0.1, 0.15) is 40.2 Å². The zero-order valence-corrected chi connectivity index (χ0v) is 11.2. The lowest BCUT2D eigenvalue weighted by Crippen LogP contribution is -2.14. The number of rotatable bonds is 3. The van der Waals surface area contributed by atoms with Crippen molar-refractivity contribution in [1.82, 2.24) is 9.55 Å². The number of ketones is 1. The molecule has 19 heavy (non-hydrogen) atoms. The summed E-state index contributed by atoms with van der Waals surface area (Å²) in [6.07, 6.45) is 7.40. The minimum absolute atomic E-state index is 0.310. The first-order chi connectivity index (χ1) is 9.25. The van der Waals surface area contributed by atoms with Gasteiger partial charge in [0.25, 0.3) is 0 Å². The number of pyridine rings is 1. The van der Waals surface area contributed by atoms with Crippen LogP contribution >= 0.6 is 0 Å². The molecule has 1 aliphatic carbocycles. The Morgan fingerprint density at radius 1 is 1.37 bits per heavy atom. The standard InChI is InChI=1S/C16H18N2O/c1-12-10-14-15(5-2-6-16(14)19)18(12)9-7-13-4-3-8-17-11-13/h3-4,8,10-11H,2,5-7,9H2,1H3. The van der Waals surface area contributed by atoms with Gasteiger partial charge >= 0.3 is 0 Å². The average molecular weight is 254 g/mol. The largest absolute Gasteiger partial charge is 0.348 e. The predicted octanol–water partition coefficient (Wildman–Crippen LogP) is 2.95. The summed E-state index contributed by atoms with van der Waals surface area (Å²) in [6.45, 7) is 3.02. The average Bonchev–Trinajstić information content (AvgIpc) is 2.75. The Balaban J connectivity index is 1.83. The van der Waals surface area contributed by atoms with Gasteiger partial charge in [0.1, 0.15) is 0 Å². The molecule has 0 saturated heterocycles. The summed E-state index contributed by atoms with van der Waals surface area (Å²) in [7, 11) is 0. The Kier molecular flexibility index (Phi) is 3.20. The first-order valence-corrected chi connectivity index (χ1v) is 6.87. The maximum Gasteiger partial charge on any atom is 0.164 e. The van der Waals surface area contributed by atoms with E-state index in [1.54, 1.807) is 6.20 Å². The molecular weight excluding hydrogens is 236 g/mol. The Bertz CT molecular complexity index is 599. The zero-order valence-electron chi connectivity index (χ0n) is 11.2. The van der Waals surface area contributed by atoms with Crippen LogP contribution in [0.5, 0.6) is 0 Å². The van der Waals surface area contributed by atoms with E-state index in [9.17, 15) is 4.79 Å². The van der Waals surface area contributed by atoms with Crippen molar-refractivity contribution in [3.05, 3.63) is 53.1 Å². The second-order valence-corrected chi connectivity index (χ2v) is 5.19. The molecule has 3 heteroatoms. The molecule has 0 N–H and O–H groups in total. The van der Waals surface area contributed by atoms with E-state index >= 15 is 0 Å². The number of nitrogens with zero attached hydrogens (tertiary/aromatic N) is 2. The van der Waals surface area contributed by atoms with Crippen molar-refractivity contribution in [3.63, 3.8) is 0 Å². The van der Waals surface area contributed by atoms with Crippen LogP contribution in [0.3, 0.4) is 0 Å². The normalized spacial score (nSPS) is 14.5. The molecule has 0 saturated carbocycles. The maximum atomic E-state index is 11.9. The Morgan fingerprint density at radius 2 is 2.26 bits per heavy atom. The minimum Gasteiger partial charge on any atom is -0.348 e. The Morgan fingerprint density at radius 3 is 3.05 bits per heavy atom. The van der Waals surface area contributed by atoms with Crippen molar-refractivity contribution >= 4 is 5.78 Å². The number of carbonyl (C=O) groups is 1. The second-order valence-electron chi connectivity index (χ2n) is 5.19. The van der Waals surface area contributed by atoms with Crippen LogP contribution in [0.4, 0.5) is 0 Å². The molecule has 2 aromatic heterocycles. The van der Waals surface area contributed by atoms with E-state index in [0.29, 0.717) is 12.2 Å². The molecule has 0 bridgehead atoms. The third kappa shape index (κ3) is 2.33. The van der Waals surface area contributed by atoms with Crippen molar-refractivity contribution in [2.75, 3.05) is 0 Å². The first-order valence-electron chi connectivity index (χ1n) is 6.87. The highest BCUT2D eigenvalue weighted by Gasteiger charge is 2.22. The molecule has 0 radical (unpaired) electrons. The molecule has 0 amide bonds. The molecular formula is C16H18N2O. The van der Waals surface area contributed by atoms with Crippen molar-refractivity contribution in [2.24, 2.45) is 0 Å². The van der Waals surface area contributed by atoms with E-state index < -0.39 is 0 Å². The summed E-state index contributed by atoms with van der Waals surface area (Å²) in [5.41, 5.74) is 4.63. The van der Waals surface area contributed by atoms with Crippen LogP contribution < -0.4 is 0 Å². The second kappa shape index (κ2) is 5.00. The number of hydrogen-bond acceptors (Lipinski definition) is 2. The van der Waals surface area contributed by atoms with Crippen LogP contribution in [0.2, 0.25) is 0 Å². The van der Waals surface area contributed by atoms with Crippen LogP contribution in [-0.4, -0.2) is 15.3 Å². The summed E-state index contributed by atoms with van der Waals surface area (Å²) in [6, 6.07) is 6.13. The molecule has 0 aliphatic heterocycles. The van der Waals surface area contributed by atoms with Gasteiger partial charge in [-0.25, -0.2) is 0 Å². The van der Waals surface area contributed by atoms with Gasteiger partial charge in [-0.1, -0.05) is 6.07 Å². The SMILES string of the molecule is Cc1cc2c(n1CCc1cccnc1)CCCC2=O. The van der Waals surface area contributed by atoms with Gasteiger partial charge < -0.3 is 4.57 Å². The molecule has 0 fully saturated rings. The fourth-order valence-electron chi connectivity index (χ4n) is 2.89. The number of aryl methyl sites for hydroxylation is 2. The van der Waals surface area contributed by atoms with Gasteiger partial charge in [0, 0.05) is 42.3 Å². The predicted molar refractivity (Wildman–Crippen MR) is 74.4 cm³/mol. The van der Waals surface area contributed by atoms with E-state index in [2.05, 4.69) is 28.6 Å². The third-order valence-corrected chi connectivity index (χ3v) is 3.88. The smallest absolute Gasteiger partial charge is 0.164 e. The van der Waals surface area contributed by atoms with Gasteiger partial charge in [0.15, 0.2) is 5.78 Å². The van der Waals surface area contributed by atoms with Crippen LogP contribution in [0.25, 0.3) is 0 Å². The van der Waals surface area contributed by atoms with E-state index in [-0.39, 0.29) is 0 Å². The fourth-order valence-corrected chi connectivity index (χ4v) is 2.89. The zero-order chi connectivity index (χ0) is 13.2. The number of aromatic nitrogens is 2. The lowest BCUT2D eigenvalue weighted by molar-refractivity contribution is 0.0972. The molecule has 1 aliphatic rings. The highest BCUT2D eigenvalue weighted by atomic mass is 16.1. The fraction of sp³-hybridized carbons (Fsp3) is 0.375. The molecule has 2 heterocycles. The Hall–Kier alpha value is -1.90. The van der Waals surface area contributed by atoms with Crippen molar-refractivity contribution in [3.8, 4) is 0 Å².